The molecule has 0 radical (unpaired) electrons. The third-order valence-corrected chi connectivity index (χ3v) is 7.81. The molecule has 242 valence electrons. The molecule has 46 heavy (non-hydrogen) atoms. The fourth-order valence-corrected chi connectivity index (χ4v) is 4.99. The van der Waals surface area contributed by atoms with Crippen molar-refractivity contribution in [2.45, 2.75) is 59.0 Å². The molecule has 1 aliphatic carbocycles. The van der Waals surface area contributed by atoms with E-state index in [1.807, 2.05) is 20.8 Å². The molecule has 0 saturated heterocycles. The van der Waals surface area contributed by atoms with Crippen molar-refractivity contribution in [2.75, 3.05) is 19.0 Å². The fourth-order valence-electron chi connectivity index (χ4n) is 4.99. The van der Waals surface area contributed by atoms with Crippen molar-refractivity contribution in [3.05, 3.63) is 77.2 Å². The van der Waals surface area contributed by atoms with Crippen LogP contribution in [-0.4, -0.2) is 45.8 Å². The maximum Gasteiger partial charge on any atom is 0.251 e. The zero-order valence-electron chi connectivity index (χ0n) is 26.1. The number of nitrogens with one attached hydrogen (secondary N) is 2. The second kappa shape index (κ2) is 14.0. The van der Waals surface area contributed by atoms with Gasteiger partial charge in [-0.25, -0.2) is 8.78 Å². The SMILES string of the molecule is COc1ccc(COc2c(F)cc(C(=O)NCC3CCC(c4nc(-c5ccc(NC(=O)C(C)(C)C)nn5)no4)CC3)cc2F)cc1. The molecule has 2 amide bonds. The zero-order chi connectivity index (χ0) is 32.8. The highest BCUT2D eigenvalue weighted by Gasteiger charge is 2.28. The van der Waals surface area contributed by atoms with E-state index < -0.39 is 28.7 Å². The highest BCUT2D eigenvalue weighted by molar-refractivity contribution is 5.94. The summed E-state index contributed by atoms with van der Waals surface area (Å²) in [6.07, 6.45) is 3.14. The van der Waals surface area contributed by atoms with E-state index in [0.29, 0.717) is 41.1 Å². The molecular weight excluding hydrogens is 598 g/mol. The molecule has 1 fully saturated rings. The predicted octanol–water partition coefficient (Wildman–Crippen LogP) is 6.08. The van der Waals surface area contributed by atoms with Gasteiger partial charge in [0.2, 0.25) is 17.6 Å². The number of benzene rings is 2. The monoisotopic (exact) mass is 634 g/mol. The first kappa shape index (κ1) is 32.5. The number of hydrogen-bond donors (Lipinski definition) is 2. The van der Waals surface area contributed by atoms with Crippen LogP contribution >= 0.6 is 0 Å². The standard InChI is InChI=1S/C33H36F2N6O5/c1-33(2,3)32(43)37-27-14-13-26(39-40-27)29-38-31(46-41-29)21-9-5-19(6-10-21)17-36-30(42)22-15-24(34)28(25(35)16-22)45-18-20-7-11-23(44-4)12-8-20/h7-8,11-16,19,21H,5-6,9-10,17-18H2,1-4H3,(H,36,42)(H,37,40,43). The third-order valence-electron chi connectivity index (χ3n) is 7.81. The number of carbonyl (C=O) groups is 2. The molecule has 4 aromatic rings. The van der Waals surface area contributed by atoms with Gasteiger partial charge in [0.15, 0.2) is 23.2 Å². The minimum atomic E-state index is -0.952. The van der Waals surface area contributed by atoms with Crippen LogP contribution in [0.3, 0.4) is 0 Å². The molecule has 0 bridgehead atoms. The van der Waals surface area contributed by atoms with E-state index >= 15 is 0 Å². The Hall–Kier alpha value is -4.94. The van der Waals surface area contributed by atoms with E-state index in [4.69, 9.17) is 14.0 Å². The number of amides is 2. The predicted molar refractivity (Wildman–Crippen MR) is 164 cm³/mol. The van der Waals surface area contributed by atoms with E-state index in [9.17, 15) is 18.4 Å². The van der Waals surface area contributed by atoms with Gasteiger partial charge in [-0.3, -0.25) is 9.59 Å². The normalized spacial score (nSPS) is 16.5. The summed E-state index contributed by atoms with van der Waals surface area (Å²) in [6, 6.07) is 12.2. The summed E-state index contributed by atoms with van der Waals surface area (Å²) in [7, 11) is 1.55. The lowest BCUT2D eigenvalue weighted by molar-refractivity contribution is -0.123. The molecule has 1 aliphatic rings. The maximum absolute atomic E-state index is 14.7. The number of rotatable bonds is 10. The van der Waals surface area contributed by atoms with Crippen molar-refractivity contribution in [3.63, 3.8) is 0 Å². The van der Waals surface area contributed by atoms with Crippen LogP contribution in [0.1, 0.15) is 74.2 Å². The molecule has 2 aromatic carbocycles. The Labute approximate surface area is 265 Å². The summed E-state index contributed by atoms with van der Waals surface area (Å²) in [5, 5.41) is 17.7. The van der Waals surface area contributed by atoms with E-state index in [-0.39, 0.29) is 29.9 Å². The molecule has 2 aromatic heterocycles. The van der Waals surface area contributed by atoms with Gasteiger partial charge in [-0.15, -0.1) is 10.2 Å². The summed E-state index contributed by atoms with van der Waals surface area (Å²) in [5.74, 6) is -1.13. The molecule has 2 N–H and O–H groups in total. The van der Waals surface area contributed by atoms with Gasteiger partial charge in [-0.05, 0) is 73.6 Å². The Bertz CT molecular complexity index is 1640. The van der Waals surface area contributed by atoms with Crippen molar-refractivity contribution < 1.29 is 32.4 Å². The Kier molecular flexibility index (Phi) is 9.88. The van der Waals surface area contributed by atoms with E-state index in [0.717, 1.165) is 37.8 Å². The van der Waals surface area contributed by atoms with Gasteiger partial charge in [0.25, 0.3) is 5.91 Å². The van der Waals surface area contributed by atoms with Crippen molar-refractivity contribution in [1.29, 1.82) is 0 Å². The molecule has 2 heterocycles. The molecule has 13 heteroatoms. The molecule has 0 spiro atoms. The summed E-state index contributed by atoms with van der Waals surface area (Å²) >= 11 is 0. The molecule has 0 aliphatic heterocycles. The number of halogens is 2. The average molecular weight is 635 g/mol. The van der Waals surface area contributed by atoms with Gasteiger partial charge in [0.1, 0.15) is 18.1 Å². The second-order valence-corrected chi connectivity index (χ2v) is 12.3. The number of hydrogen-bond acceptors (Lipinski definition) is 9. The number of ether oxygens (including phenoxy) is 2. The first-order chi connectivity index (χ1) is 22.0. The molecular formula is C33H36F2N6O5. The average Bonchev–Trinajstić information content (AvgIpc) is 3.54. The lowest BCUT2D eigenvalue weighted by Crippen LogP contribution is -2.31. The highest BCUT2D eigenvalue weighted by Crippen LogP contribution is 2.35. The van der Waals surface area contributed by atoms with Crippen LogP contribution in [0.25, 0.3) is 11.5 Å². The van der Waals surface area contributed by atoms with E-state index in [2.05, 4.69) is 31.0 Å². The number of anilines is 1. The minimum Gasteiger partial charge on any atom is -0.497 e. The number of nitrogens with zero attached hydrogens (tertiary/aromatic N) is 4. The first-order valence-electron chi connectivity index (χ1n) is 15.0. The lowest BCUT2D eigenvalue weighted by atomic mass is 9.82. The van der Waals surface area contributed by atoms with Crippen LogP contribution < -0.4 is 20.1 Å². The Morgan fingerprint density at radius 1 is 0.978 bits per heavy atom. The van der Waals surface area contributed by atoms with Crippen LogP contribution in [0.5, 0.6) is 11.5 Å². The van der Waals surface area contributed by atoms with Crippen LogP contribution in [0.4, 0.5) is 14.6 Å². The van der Waals surface area contributed by atoms with Gasteiger partial charge < -0.3 is 24.6 Å². The fraction of sp³-hybridized carbons (Fsp3) is 0.394. The Balaban J connectivity index is 1.09. The van der Waals surface area contributed by atoms with Gasteiger partial charge >= 0.3 is 0 Å². The Morgan fingerprint density at radius 2 is 1.67 bits per heavy atom. The van der Waals surface area contributed by atoms with Crippen molar-refractivity contribution in [3.8, 4) is 23.0 Å². The quantitative estimate of drug-likeness (QED) is 0.212. The van der Waals surface area contributed by atoms with Crippen LogP contribution in [-0.2, 0) is 11.4 Å². The highest BCUT2D eigenvalue weighted by atomic mass is 19.1. The molecule has 0 atom stereocenters. The second-order valence-electron chi connectivity index (χ2n) is 12.3. The zero-order valence-corrected chi connectivity index (χ0v) is 26.1. The van der Waals surface area contributed by atoms with Gasteiger partial charge in [0, 0.05) is 23.4 Å². The van der Waals surface area contributed by atoms with Crippen LogP contribution in [0, 0.1) is 23.0 Å². The van der Waals surface area contributed by atoms with Gasteiger partial charge in [-0.1, -0.05) is 38.1 Å². The van der Waals surface area contributed by atoms with Crippen LogP contribution in [0.15, 0.2) is 53.1 Å². The van der Waals surface area contributed by atoms with E-state index in [1.54, 1.807) is 43.5 Å². The smallest absolute Gasteiger partial charge is 0.251 e. The minimum absolute atomic E-state index is 0.0448. The molecule has 1 saturated carbocycles. The van der Waals surface area contributed by atoms with Crippen molar-refractivity contribution >= 4 is 17.6 Å². The maximum atomic E-state index is 14.7. The molecule has 0 unspecified atom stereocenters. The Morgan fingerprint density at radius 3 is 2.28 bits per heavy atom. The van der Waals surface area contributed by atoms with Gasteiger partial charge in [0.05, 0.1) is 7.11 Å². The number of carbonyl (C=O) groups excluding carboxylic acids is 2. The summed E-state index contributed by atoms with van der Waals surface area (Å²) in [6.45, 7) is 5.75. The summed E-state index contributed by atoms with van der Waals surface area (Å²) < 4.78 is 45.4. The molecule has 5 rings (SSSR count). The van der Waals surface area contributed by atoms with Crippen molar-refractivity contribution in [1.82, 2.24) is 25.7 Å². The summed E-state index contributed by atoms with van der Waals surface area (Å²) in [4.78, 5) is 29.4. The van der Waals surface area contributed by atoms with Crippen molar-refractivity contribution in [2.24, 2.45) is 11.3 Å². The van der Waals surface area contributed by atoms with Crippen LogP contribution in [0.2, 0.25) is 0 Å². The third kappa shape index (κ3) is 8.01. The first-order valence-corrected chi connectivity index (χ1v) is 15.0. The lowest BCUT2D eigenvalue weighted by Gasteiger charge is -2.26. The largest absolute Gasteiger partial charge is 0.497 e. The molecule has 11 nitrogen and oxygen atoms in total. The number of methoxy groups -OCH3 is 1. The van der Waals surface area contributed by atoms with E-state index in [1.165, 1.54) is 0 Å². The topological polar surface area (TPSA) is 141 Å². The summed E-state index contributed by atoms with van der Waals surface area (Å²) in [5.41, 5.74) is 0.448. The van der Waals surface area contributed by atoms with Gasteiger partial charge in [-0.2, -0.15) is 4.98 Å². The number of aromatic nitrogens is 4.